The quantitative estimate of drug-likeness (QED) is 0.391. The Balaban J connectivity index is 1.79. The van der Waals surface area contributed by atoms with Gasteiger partial charge >= 0.3 is 0 Å². The Morgan fingerprint density at radius 1 is 1.11 bits per heavy atom. The van der Waals surface area contributed by atoms with Gasteiger partial charge in [-0.2, -0.15) is 0 Å². The average molecular weight is 432 g/mol. The highest BCUT2D eigenvalue weighted by Crippen LogP contribution is 2.46. The zero-order valence-electron chi connectivity index (χ0n) is 15.6. The fourth-order valence-corrected chi connectivity index (χ4v) is 3.96. The number of nitrogens with one attached hydrogen (secondary N) is 1. The van der Waals surface area contributed by atoms with Crippen LogP contribution in [-0.4, -0.2) is 16.1 Å². The number of benzene rings is 2. The number of hydrogen-bond donors (Lipinski definition) is 3. The molecule has 0 aromatic heterocycles. The predicted molar refractivity (Wildman–Crippen MR) is 111 cm³/mol. The molecule has 5 heteroatoms. The minimum absolute atomic E-state index is 0.0832. The van der Waals surface area contributed by atoms with Crippen LogP contribution in [0.3, 0.4) is 0 Å². The zero-order valence-corrected chi connectivity index (χ0v) is 17.2. The van der Waals surface area contributed by atoms with Gasteiger partial charge in [-0.15, -0.1) is 0 Å². The van der Waals surface area contributed by atoms with Crippen LogP contribution >= 0.6 is 15.9 Å². The average Bonchev–Trinajstić information content (AvgIpc) is 2.59. The zero-order chi connectivity index (χ0) is 19.4. The van der Waals surface area contributed by atoms with Gasteiger partial charge in [0.15, 0.2) is 0 Å². The fourth-order valence-electron chi connectivity index (χ4n) is 3.70. The Labute approximate surface area is 168 Å². The molecule has 0 bridgehead atoms. The molecule has 0 saturated heterocycles. The highest BCUT2D eigenvalue weighted by Gasteiger charge is 2.46. The molecule has 1 aliphatic rings. The first-order valence-electron chi connectivity index (χ1n) is 9.58. The Kier molecular flexibility index (Phi) is 6.10. The summed E-state index contributed by atoms with van der Waals surface area (Å²) < 4.78 is 0.968. The SMILES string of the molecule is CCCCCc1cc(O)c(NC(=O)C2(c3ccc(Br)cc3)CCC2)c(O)c1. The van der Waals surface area contributed by atoms with Crippen molar-refractivity contribution >= 4 is 27.5 Å². The van der Waals surface area contributed by atoms with Crippen LogP contribution in [0, 0.1) is 0 Å². The number of phenols is 2. The number of halogens is 1. The van der Waals surface area contributed by atoms with Gasteiger partial charge < -0.3 is 15.5 Å². The molecule has 0 spiro atoms. The summed E-state index contributed by atoms with van der Waals surface area (Å²) in [5, 5.41) is 23.5. The first kappa shape index (κ1) is 19.7. The third-order valence-corrected chi connectivity index (χ3v) is 6.03. The first-order chi connectivity index (χ1) is 13.0. The van der Waals surface area contributed by atoms with E-state index in [-0.39, 0.29) is 23.1 Å². The number of amides is 1. The van der Waals surface area contributed by atoms with Gasteiger partial charge in [-0.3, -0.25) is 4.79 Å². The number of aryl methyl sites for hydroxylation is 1. The van der Waals surface area contributed by atoms with Crippen molar-refractivity contribution in [2.45, 2.75) is 57.3 Å². The molecule has 4 nitrogen and oxygen atoms in total. The molecule has 1 amide bonds. The van der Waals surface area contributed by atoms with Crippen molar-refractivity contribution in [2.24, 2.45) is 0 Å². The molecule has 1 saturated carbocycles. The van der Waals surface area contributed by atoms with Gasteiger partial charge in [0.2, 0.25) is 5.91 Å². The summed E-state index contributed by atoms with van der Waals surface area (Å²) in [5.74, 6) is -0.347. The molecular weight excluding hydrogens is 406 g/mol. The van der Waals surface area contributed by atoms with E-state index in [2.05, 4.69) is 28.2 Å². The molecule has 2 aromatic rings. The number of hydrogen-bond acceptors (Lipinski definition) is 3. The lowest BCUT2D eigenvalue weighted by Gasteiger charge is -2.40. The maximum absolute atomic E-state index is 13.1. The summed E-state index contributed by atoms with van der Waals surface area (Å²) in [6.45, 7) is 2.13. The largest absolute Gasteiger partial charge is 0.506 e. The van der Waals surface area contributed by atoms with Crippen LogP contribution in [0.15, 0.2) is 40.9 Å². The molecule has 0 heterocycles. The van der Waals surface area contributed by atoms with Crippen molar-refractivity contribution in [3.8, 4) is 11.5 Å². The Morgan fingerprint density at radius 2 is 1.74 bits per heavy atom. The van der Waals surface area contributed by atoms with Crippen LogP contribution in [0.25, 0.3) is 0 Å². The van der Waals surface area contributed by atoms with Crippen molar-refractivity contribution < 1.29 is 15.0 Å². The number of anilines is 1. The summed E-state index contributed by atoms with van der Waals surface area (Å²) >= 11 is 3.42. The lowest BCUT2D eigenvalue weighted by molar-refractivity contribution is -0.124. The highest BCUT2D eigenvalue weighted by atomic mass is 79.9. The van der Waals surface area contributed by atoms with Crippen molar-refractivity contribution in [1.82, 2.24) is 0 Å². The minimum Gasteiger partial charge on any atom is -0.506 e. The number of aromatic hydroxyl groups is 2. The first-order valence-corrected chi connectivity index (χ1v) is 10.4. The van der Waals surface area contributed by atoms with Crippen LogP contribution in [0.5, 0.6) is 11.5 Å². The van der Waals surface area contributed by atoms with E-state index >= 15 is 0 Å². The summed E-state index contributed by atoms with van der Waals surface area (Å²) in [6.07, 6.45) is 6.53. The standard InChI is InChI=1S/C22H26BrNO3/c1-2-3-4-6-15-13-18(25)20(19(26)14-15)24-21(27)22(11-5-12-22)16-7-9-17(23)10-8-16/h7-10,13-14,25-26H,2-6,11-12H2,1H3,(H,24,27). The van der Waals surface area contributed by atoms with Crippen LogP contribution in [-0.2, 0) is 16.6 Å². The van der Waals surface area contributed by atoms with Gasteiger partial charge in [0, 0.05) is 4.47 Å². The molecular formula is C22H26BrNO3. The number of phenolic OH excluding ortho intramolecular Hbond substituents is 2. The molecule has 3 rings (SSSR count). The Bertz CT molecular complexity index is 790. The fraction of sp³-hybridized carbons (Fsp3) is 0.409. The van der Waals surface area contributed by atoms with Gasteiger partial charge in [-0.1, -0.05) is 54.2 Å². The van der Waals surface area contributed by atoms with Gasteiger partial charge in [0.1, 0.15) is 17.2 Å². The van der Waals surface area contributed by atoms with Gasteiger partial charge in [0.25, 0.3) is 0 Å². The molecule has 2 aromatic carbocycles. The highest BCUT2D eigenvalue weighted by molar-refractivity contribution is 9.10. The van der Waals surface area contributed by atoms with Crippen molar-refractivity contribution in [3.63, 3.8) is 0 Å². The molecule has 0 atom stereocenters. The third kappa shape index (κ3) is 4.13. The Morgan fingerprint density at radius 3 is 2.26 bits per heavy atom. The molecule has 0 radical (unpaired) electrons. The number of unbranched alkanes of at least 4 members (excludes halogenated alkanes) is 2. The summed E-state index contributed by atoms with van der Waals surface area (Å²) in [7, 11) is 0. The molecule has 1 aliphatic carbocycles. The van der Waals surface area contributed by atoms with E-state index in [1.165, 1.54) is 0 Å². The second-order valence-electron chi connectivity index (χ2n) is 7.36. The smallest absolute Gasteiger partial charge is 0.235 e. The van der Waals surface area contributed by atoms with E-state index in [1.54, 1.807) is 12.1 Å². The third-order valence-electron chi connectivity index (χ3n) is 5.50. The topological polar surface area (TPSA) is 69.6 Å². The van der Waals surface area contributed by atoms with E-state index in [4.69, 9.17) is 0 Å². The molecule has 1 fully saturated rings. The second kappa shape index (κ2) is 8.34. The predicted octanol–water partition coefficient (Wildman–Crippen LogP) is 5.65. The number of carbonyl (C=O) groups is 1. The number of rotatable bonds is 7. The van der Waals surface area contributed by atoms with E-state index in [0.29, 0.717) is 0 Å². The van der Waals surface area contributed by atoms with Crippen molar-refractivity contribution in [1.29, 1.82) is 0 Å². The van der Waals surface area contributed by atoms with Crippen molar-refractivity contribution in [3.05, 3.63) is 52.0 Å². The normalized spacial score (nSPS) is 15.2. The maximum Gasteiger partial charge on any atom is 0.235 e. The van der Waals surface area contributed by atoms with Crippen LogP contribution < -0.4 is 5.32 Å². The van der Waals surface area contributed by atoms with Gasteiger partial charge in [-0.25, -0.2) is 0 Å². The monoisotopic (exact) mass is 431 g/mol. The molecule has 0 unspecified atom stereocenters. The Hall–Kier alpha value is -2.01. The van der Waals surface area contributed by atoms with E-state index in [9.17, 15) is 15.0 Å². The van der Waals surface area contributed by atoms with E-state index in [0.717, 1.165) is 60.5 Å². The maximum atomic E-state index is 13.1. The van der Waals surface area contributed by atoms with E-state index < -0.39 is 5.41 Å². The van der Waals surface area contributed by atoms with Crippen molar-refractivity contribution in [2.75, 3.05) is 5.32 Å². The summed E-state index contributed by atoms with van der Waals surface area (Å²) in [4.78, 5) is 13.1. The molecule has 144 valence electrons. The van der Waals surface area contributed by atoms with E-state index in [1.807, 2.05) is 24.3 Å². The second-order valence-corrected chi connectivity index (χ2v) is 8.28. The number of carbonyl (C=O) groups excluding carboxylic acids is 1. The van der Waals surface area contributed by atoms with Crippen LogP contribution in [0.4, 0.5) is 5.69 Å². The lowest BCUT2D eigenvalue weighted by Crippen LogP contribution is -2.46. The van der Waals surface area contributed by atoms with Gasteiger partial charge in [0.05, 0.1) is 5.41 Å². The minimum atomic E-state index is -0.598. The van der Waals surface area contributed by atoms with Crippen LogP contribution in [0.1, 0.15) is 56.6 Å². The molecule has 3 N–H and O–H groups in total. The summed E-state index contributed by atoms with van der Waals surface area (Å²) in [6, 6.07) is 11.1. The molecule has 0 aliphatic heterocycles. The molecule has 27 heavy (non-hydrogen) atoms. The lowest BCUT2D eigenvalue weighted by atomic mass is 9.64. The summed E-state index contributed by atoms with van der Waals surface area (Å²) in [5.41, 5.74) is 1.34. The van der Waals surface area contributed by atoms with Gasteiger partial charge in [-0.05, 0) is 61.1 Å². The van der Waals surface area contributed by atoms with Crippen LogP contribution in [0.2, 0.25) is 0 Å².